The van der Waals surface area contributed by atoms with Crippen molar-refractivity contribution in [2.24, 2.45) is 0 Å². The molecule has 20 rings (SSSR count). The zero-order valence-corrected chi connectivity index (χ0v) is 52.3. The van der Waals surface area contributed by atoms with Crippen molar-refractivity contribution in [2.45, 2.75) is 0 Å². The van der Waals surface area contributed by atoms with Gasteiger partial charge in [-0.15, -0.1) is 0 Å². The molecule has 0 atom stereocenters. The molecule has 5 heterocycles. The quantitative estimate of drug-likeness (QED) is 0.134. The number of para-hydroxylation sites is 6. The summed E-state index contributed by atoms with van der Waals surface area (Å²) in [7, 11) is 0. The summed E-state index contributed by atoms with van der Waals surface area (Å²) in [5.74, 6) is 0. The number of benzene rings is 15. The van der Waals surface area contributed by atoms with Crippen LogP contribution in [0.25, 0.3) is 127 Å². The Bertz CT molecular complexity index is 6000. The van der Waals surface area contributed by atoms with Gasteiger partial charge in [0.1, 0.15) is 0 Å². The summed E-state index contributed by atoms with van der Waals surface area (Å²) in [6.45, 7) is -0.232. The second-order valence-electron chi connectivity index (χ2n) is 25.5. The Labute approximate surface area is 556 Å². The predicted octanol–water partition coefficient (Wildman–Crippen LogP) is 21.7. The average molecular weight is 1220 g/mol. The van der Waals surface area contributed by atoms with Gasteiger partial charge in [-0.05, 0) is 135 Å². The Morgan fingerprint density at radius 3 is 1.10 bits per heavy atom. The van der Waals surface area contributed by atoms with E-state index in [1.807, 2.05) is 0 Å². The summed E-state index contributed by atoms with van der Waals surface area (Å²) in [6, 6.07) is 131. The first-order valence-electron chi connectivity index (χ1n) is 33.2. The van der Waals surface area contributed by atoms with Gasteiger partial charge in [0, 0.05) is 77.6 Å². The molecule has 3 aromatic heterocycles. The molecule has 2 aliphatic heterocycles. The molecular weight excluding hydrogens is 1160 g/mol. The predicted molar refractivity (Wildman–Crippen MR) is 405 cm³/mol. The third kappa shape index (κ3) is 8.12. The Morgan fingerprint density at radius 2 is 0.594 bits per heavy atom. The minimum absolute atomic E-state index is 0.232. The molecule has 446 valence electrons. The number of hydrogen-bond donors (Lipinski definition) is 0. The number of hydrogen-bond acceptors (Lipinski definition) is 2. The third-order valence-electron chi connectivity index (χ3n) is 20.4. The molecule has 0 spiro atoms. The van der Waals surface area contributed by atoms with Crippen LogP contribution in [-0.2, 0) is 0 Å². The molecule has 96 heavy (non-hydrogen) atoms. The lowest BCUT2D eigenvalue weighted by atomic mass is 9.33. The minimum Gasteiger partial charge on any atom is -0.311 e. The van der Waals surface area contributed by atoms with Crippen LogP contribution in [0.2, 0.25) is 0 Å². The van der Waals surface area contributed by atoms with E-state index in [0.717, 1.165) is 112 Å². The first kappa shape index (κ1) is 54.0. The minimum atomic E-state index is -0.232. The van der Waals surface area contributed by atoms with Crippen LogP contribution in [0.3, 0.4) is 0 Å². The van der Waals surface area contributed by atoms with Gasteiger partial charge in [0.25, 0.3) is 6.71 Å². The molecule has 0 N–H and O–H groups in total. The molecule has 0 bridgehead atoms. The van der Waals surface area contributed by atoms with E-state index in [2.05, 4.69) is 375 Å². The van der Waals surface area contributed by atoms with Gasteiger partial charge in [-0.1, -0.05) is 267 Å². The smallest absolute Gasteiger partial charge is 0.252 e. The molecule has 5 nitrogen and oxygen atoms in total. The highest BCUT2D eigenvalue weighted by atomic mass is 15.2. The second-order valence-corrected chi connectivity index (χ2v) is 25.5. The topological polar surface area (TPSA) is 21.3 Å². The van der Waals surface area contributed by atoms with E-state index >= 15 is 0 Å². The summed E-state index contributed by atoms with van der Waals surface area (Å²) in [5.41, 5.74) is 29.8. The Balaban J connectivity index is 0.958. The van der Waals surface area contributed by atoms with Crippen molar-refractivity contribution in [1.29, 1.82) is 0 Å². The molecule has 0 saturated carbocycles. The van der Waals surface area contributed by atoms with E-state index in [-0.39, 0.29) is 6.71 Å². The van der Waals surface area contributed by atoms with E-state index in [4.69, 9.17) is 0 Å². The summed E-state index contributed by atoms with van der Waals surface area (Å²) in [5, 5.41) is 7.24. The van der Waals surface area contributed by atoms with Gasteiger partial charge in [0.2, 0.25) is 0 Å². The number of anilines is 6. The standard InChI is InChI=1S/C90H58BN5/c1-5-26-59(27-6-1)63-34-23-36-65(54-63)93-84-56-67(92-78-45-18-13-38-71(78)72-39-14-19-46-79(72)92)50-51-76(84)91-77-52-53-83-87(75-42-17-22-49-82(75)96(83)89-69(61-30-9-3-10-31-61)43-25-44-70(89)62-32-11-4-12-33-62)90(77)95(66-37-24-35-64(55-66)60-28-7-2-8-29-60)86-58-68(57-85(93)88(86)91)94-80-47-20-15-40-73(80)74-41-16-21-48-81(74)94/h1-58H. The van der Waals surface area contributed by atoms with E-state index in [1.54, 1.807) is 0 Å². The van der Waals surface area contributed by atoms with E-state index in [0.29, 0.717) is 0 Å². The average Bonchev–Trinajstić information content (AvgIpc) is 1.12. The van der Waals surface area contributed by atoms with Crippen molar-refractivity contribution in [2.75, 3.05) is 9.80 Å². The second kappa shape index (κ2) is 21.5. The van der Waals surface area contributed by atoms with Crippen molar-refractivity contribution in [3.8, 4) is 61.6 Å². The van der Waals surface area contributed by atoms with E-state index in [9.17, 15) is 0 Å². The largest absolute Gasteiger partial charge is 0.311 e. The fourth-order valence-electron chi connectivity index (χ4n) is 16.4. The fraction of sp³-hybridized carbons (Fsp3) is 0. The molecular formula is C90H58BN5. The van der Waals surface area contributed by atoms with Crippen molar-refractivity contribution >= 4 is 123 Å². The molecule has 2 aliphatic rings. The molecule has 0 amide bonds. The van der Waals surface area contributed by atoms with Crippen LogP contribution in [0.1, 0.15) is 0 Å². The Hall–Kier alpha value is -12.6. The van der Waals surface area contributed by atoms with Gasteiger partial charge < -0.3 is 23.5 Å². The van der Waals surface area contributed by atoms with Gasteiger partial charge >= 0.3 is 0 Å². The number of nitrogens with zero attached hydrogens (tertiary/aromatic N) is 5. The van der Waals surface area contributed by atoms with Crippen LogP contribution in [0.4, 0.5) is 34.1 Å². The van der Waals surface area contributed by atoms with Crippen LogP contribution in [0, 0.1) is 0 Å². The van der Waals surface area contributed by atoms with Crippen LogP contribution in [0.5, 0.6) is 0 Å². The van der Waals surface area contributed by atoms with Crippen LogP contribution in [-0.4, -0.2) is 20.4 Å². The molecule has 0 fully saturated rings. The number of rotatable bonds is 9. The SMILES string of the molecule is c1ccc(-c2cccc(N3c4cc(-n5c6ccccc6c6ccccc65)ccc4B4c5ccc6c(c5N(c5cccc(-c7ccccc7)c5)c5cc(-n7c8ccccc8c8ccccc87)cc3c54)c3ccccc3n6-c3c(-c4ccccc4)cccc3-c3ccccc3)c2)cc1. The molecule has 0 unspecified atom stereocenters. The van der Waals surface area contributed by atoms with Gasteiger partial charge in [0.15, 0.2) is 0 Å². The normalized spacial score (nSPS) is 12.5. The molecule has 15 aromatic carbocycles. The summed E-state index contributed by atoms with van der Waals surface area (Å²) >= 11 is 0. The van der Waals surface area contributed by atoms with Gasteiger partial charge in [-0.3, -0.25) is 0 Å². The lowest BCUT2D eigenvalue weighted by Gasteiger charge is -2.45. The number of aromatic nitrogens is 3. The molecule has 0 saturated heterocycles. The highest BCUT2D eigenvalue weighted by molar-refractivity contribution is 7.00. The lowest BCUT2D eigenvalue weighted by Crippen LogP contribution is -2.61. The van der Waals surface area contributed by atoms with Crippen LogP contribution < -0.4 is 26.2 Å². The van der Waals surface area contributed by atoms with Crippen LogP contribution >= 0.6 is 0 Å². The van der Waals surface area contributed by atoms with Gasteiger partial charge in [0.05, 0.1) is 50.2 Å². The molecule has 6 heteroatoms. The molecule has 0 radical (unpaired) electrons. The van der Waals surface area contributed by atoms with Crippen molar-refractivity contribution in [1.82, 2.24) is 13.7 Å². The maximum absolute atomic E-state index is 2.66. The van der Waals surface area contributed by atoms with Crippen molar-refractivity contribution in [3.63, 3.8) is 0 Å². The summed E-state index contributed by atoms with van der Waals surface area (Å²) in [6.07, 6.45) is 0. The number of fused-ring (bicyclic) bond motifs is 14. The zero-order valence-electron chi connectivity index (χ0n) is 52.3. The monoisotopic (exact) mass is 1220 g/mol. The fourth-order valence-corrected chi connectivity index (χ4v) is 16.4. The maximum Gasteiger partial charge on any atom is 0.252 e. The first-order chi connectivity index (χ1) is 47.7. The van der Waals surface area contributed by atoms with Gasteiger partial charge in [-0.25, -0.2) is 0 Å². The van der Waals surface area contributed by atoms with Crippen molar-refractivity contribution < 1.29 is 0 Å². The van der Waals surface area contributed by atoms with E-state index < -0.39 is 0 Å². The van der Waals surface area contributed by atoms with E-state index in [1.165, 1.54) is 65.3 Å². The Morgan fingerprint density at radius 1 is 0.208 bits per heavy atom. The highest BCUT2D eigenvalue weighted by Gasteiger charge is 2.45. The lowest BCUT2D eigenvalue weighted by molar-refractivity contribution is 1.15. The molecule has 18 aromatic rings. The first-order valence-corrected chi connectivity index (χ1v) is 33.2. The summed E-state index contributed by atoms with van der Waals surface area (Å²) in [4.78, 5) is 5.26. The Kier molecular flexibility index (Phi) is 12.1. The van der Waals surface area contributed by atoms with Crippen molar-refractivity contribution in [3.05, 3.63) is 352 Å². The molecule has 0 aliphatic carbocycles. The highest BCUT2D eigenvalue weighted by Crippen LogP contribution is 2.52. The maximum atomic E-state index is 2.66. The van der Waals surface area contributed by atoms with Crippen LogP contribution in [0.15, 0.2) is 352 Å². The van der Waals surface area contributed by atoms with Gasteiger partial charge in [-0.2, -0.15) is 0 Å². The zero-order chi connectivity index (χ0) is 63.0. The summed E-state index contributed by atoms with van der Waals surface area (Å²) < 4.78 is 7.58. The third-order valence-corrected chi connectivity index (χ3v) is 20.4.